The van der Waals surface area contributed by atoms with Gasteiger partial charge in [-0.15, -0.1) is 6.58 Å². The van der Waals surface area contributed by atoms with Crippen LogP contribution in [0.1, 0.15) is 0 Å². The SMILES string of the molecule is C=CCSCCNc1cc(OC)nc(N)n1. The molecule has 16 heavy (non-hydrogen) atoms. The zero-order chi connectivity index (χ0) is 11.8. The molecular formula is C10H16N4OS. The number of nitrogens with one attached hydrogen (secondary N) is 1. The van der Waals surface area contributed by atoms with Crippen molar-refractivity contribution < 1.29 is 4.74 Å². The standard InChI is InChI=1S/C10H16N4OS/c1-3-5-16-6-4-12-8-7-9(15-2)14-10(11)13-8/h3,7H,1,4-6H2,2H3,(H3,11,12,13,14). The Balaban J connectivity index is 2.41. The van der Waals surface area contributed by atoms with Gasteiger partial charge in [-0.25, -0.2) is 0 Å². The van der Waals surface area contributed by atoms with E-state index in [9.17, 15) is 0 Å². The Kier molecular flexibility index (Phi) is 5.49. The van der Waals surface area contributed by atoms with Crippen LogP contribution in [0.15, 0.2) is 18.7 Å². The summed E-state index contributed by atoms with van der Waals surface area (Å²) in [7, 11) is 1.55. The van der Waals surface area contributed by atoms with Gasteiger partial charge in [-0.3, -0.25) is 0 Å². The topological polar surface area (TPSA) is 73.1 Å². The number of thioether (sulfide) groups is 1. The maximum atomic E-state index is 5.53. The number of hydrogen-bond acceptors (Lipinski definition) is 6. The van der Waals surface area contributed by atoms with E-state index >= 15 is 0 Å². The molecule has 88 valence electrons. The van der Waals surface area contributed by atoms with E-state index in [-0.39, 0.29) is 5.95 Å². The molecule has 0 saturated carbocycles. The van der Waals surface area contributed by atoms with E-state index in [1.165, 1.54) is 0 Å². The fourth-order valence-electron chi connectivity index (χ4n) is 1.06. The number of methoxy groups -OCH3 is 1. The minimum absolute atomic E-state index is 0.209. The van der Waals surface area contributed by atoms with Gasteiger partial charge in [-0.1, -0.05) is 6.08 Å². The van der Waals surface area contributed by atoms with Gasteiger partial charge in [0.25, 0.3) is 0 Å². The Hall–Kier alpha value is -1.43. The van der Waals surface area contributed by atoms with Crippen LogP contribution in [0.3, 0.4) is 0 Å². The van der Waals surface area contributed by atoms with Gasteiger partial charge in [0.1, 0.15) is 5.82 Å². The fourth-order valence-corrected chi connectivity index (χ4v) is 1.64. The maximum absolute atomic E-state index is 5.53. The molecule has 6 heteroatoms. The Labute approximate surface area is 99.5 Å². The Morgan fingerprint density at radius 3 is 3.12 bits per heavy atom. The van der Waals surface area contributed by atoms with Crippen LogP contribution >= 0.6 is 11.8 Å². The predicted molar refractivity (Wildman–Crippen MR) is 69.0 cm³/mol. The molecule has 0 atom stereocenters. The monoisotopic (exact) mass is 240 g/mol. The van der Waals surface area contributed by atoms with Crippen molar-refractivity contribution in [2.24, 2.45) is 0 Å². The highest BCUT2D eigenvalue weighted by Gasteiger charge is 2.01. The van der Waals surface area contributed by atoms with Crippen molar-refractivity contribution in [3.8, 4) is 5.88 Å². The first-order valence-corrected chi connectivity index (χ1v) is 6.02. The molecule has 3 N–H and O–H groups in total. The minimum atomic E-state index is 0.209. The molecule has 1 aromatic heterocycles. The van der Waals surface area contributed by atoms with Gasteiger partial charge in [-0.05, 0) is 0 Å². The molecule has 0 bridgehead atoms. The maximum Gasteiger partial charge on any atom is 0.225 e. The van der Waals surface area contributed by atoms with E-state index < -0.39 is 0 Å². The average molecular weight is 240 g/mol. The summed E-state index contributed by atoms with van der Waals surface area (Å²) in [6.07, 6.45) is 1.89. The second kappa shape index (κ2) is 6.95. The molecule has 0 unspecified atom stereocenters. The smallest absolute Gasteiger partial charge is 0.225 e. The Morgan fingerprint density at radius 2 is 2.44 bits per heavy atom. The molecule has 0 aliphatic rings. The second-order valence-corrected chi connectivity index (χ2v) is 4.09. The van der Waals surface area contributed by atoms with Crippen molar-refractivity contribution in [2.75, 3.05) is 36.2 Å². The number of hydrogen-bond donors (Lipinski definition) is 2. The minimum Gasteiger partial charge on any atom is -0.481 e. The molecule has 0 radical (unpaired) electrons. The summed E-state index contributed by atoms with van der Waals surface area (Å²) in [5.74, 6) is 3.30. The van der Waals surface area contributed by atoms with E-state index in [2.05, 4.69) is 21.9 Å². The van der Waals surface area contributed by atoms with E-state index in [1.54, 1.807) is 24.9 Å². The first-order chi connectivity index (χ1) is 7.76. The van der Waals surface area contributed by atoms with Crippen LogP contribution in [0.4, 0.5) is 11.8 Å². The van der Waals surface area contributed by atoms with Crippen LogP contribution < -0.4 is 15.8 Å². The summed E-state index contributed by atoms with van der Waals surface area (Å²) in [5, 5.41) is 3.15. The summed E-state index contributed by atoms with van der Waals surface area (Å²) in [6, 6.07) is 1.72. The third kappa shape index (κ3) is 4.39. The first-order valence-electron chi connectivity index (χ1n) is 4.87. The van der Waals surface area contributed by atoms with Crippen LogP contribution in [0.5, 0.6) is 5.88 Å². The van der Waals surface area contributed by atoms with Crippen LogP contribution in [-0.2, 0) is 0 Å². The lowest BCUT2D eigenvalue weighted by atomic mass is 10.5. The number of aromatic nitrogens is 2. The van der Waals surface area contributed by atoms with Gasteiger partial charge in [0.2, 0.25) is 11.8 Å². The van der Waals surface area contributed by atoms with Crippen LogP contribution in [0.25, 0.3) is 0 Å². The van der Waals surface area contributed by atoms with Crippen LogP contribution in [0.2, 0.25) is 0 Å². The summed E-state index contributed by atoms with van der Waals surface area (Å²) >= 11 is 1.80. The number of nitrogens with zero attached hydrogens (tertiary/aromatic N) is 2. The van der Waals surface area contributed by atoms with Crippen molar-refractivity contribution in [3.05, 3.63) is 18.7 Å². The lowest BCUT2D eigenvalue weighted by Gasteiger charge is -2.07. The van der Waals surface area contributed by atoms with E-state index in [1.807, 2.05) is 6.08 Å². The number of rotatable bonds is 7. The first kappa shape index (κ1) is 12.6. The molecule has 0 spiro atoms. The van der Waals surface area contributed by atoms with Gasteiger partial charge in [-0.2, -0.15) is 21.7 Å². The van der Waals surface area contributed by atoms with Crippen molar-refractivity contribution in [2.45, 2.75) is 0 Å². The molecule has 0 saturated heterocycles. The zero-order valence-electron chi connectivity index (χ0n) is 9.27. The highest BCUT2D eigenvalue weighted by atomic mass is 32.2. The number of nitrogens with two attached hydrogens (primary N) is 1. The van der Waals surface area contributed by atoms with Crippen LogP contribution in [0, 0.1) is 0 Å². The van der Waals surface area contributed by atoms with Crippen LogP contribution in [-0.4, -0.2) is 35.1 Å². The Morgan fingerprint density at radius 1 is 1.62 bits per heavy atom. The predicted octanol–water partition coefficient (Wildman–Crippen LogP) is 1.40. The summed E-state index contributed by atoms with van der Waals surface area (Å²) in [4.78, 5) is 7.94. The normalized spacial score (nSPS) is 9.81. The average Bonchev–Trinajstić information content (AvgIpc) is 2.28. The van der Waals surface area contributed by atoms with E-state index in [0.717, 1.165) is 18.1 Å². The van der Waals surface area contributed by atoms with Gasteiger partial charge in [0.05, 0.1) is 7.11 Å². The lowest BCUT2D eigenvalue weighted by Crippen LogP contribution is -2.08. The van der Waals surface area contributed by atoms with Crippen molar-refractivity contribution in [3.63, 3.8) is 0 Å². The van der Waals surface area contributed by atoms with Gasteiger partial charge >= 0.3 is 0 Å². The number of anilines is 2. The molecular weight excluding hydrogens is 224 g/mol. The molecule has 0 aliphatic carbocycles. The number of nitrogen functional groups attached to an aromatic ring is 1. The third-order valence-corrected chi connectivity index (χ3v) is 2.68. The van der Waals surface area contributed by atoms with Gasteiger partial charge in [0.15, 0.2) is 0 Å². The molecule has 5 nitrogen and oxygen atoms in total. The number of ether oxygens (including phenoxy) is 1. The quantitative estimate of drug-likeness (QED) is 0.554. The summed E-state index contributed by atoms with van der Waals surface area (Å²) in [6.45, 7) is 4.47. The zero-order valence-corrected chi connectivity index (χ0v) is 10.1. The van der Waals surface area contributed by atoms with Crippen molar-refractivity contribution in [1.29, 1.82) is 0 Å². The van der Waals surface area contributed by atoms with E-state index in [4.69, 9.17) is 10.5 Å². The molecule has 0 fully saturated rings. The largest absolute Gasteiger partial charge is 0.481 e. The van der Waals surface area contributed by atoms with Crippen molar-refractivity contribution >= 4 is 23.5 Å². The molecule has 1 rings (SSSR count). The summed E-state index contributed by atoms with van der Waals surface area (Å²) < 4.78 is 4.99. The molecule has 0 amide bonds. The van der Waals surface area contributed by atoms with Gasteiger partial charge < -0.3 is 15.8 Å². The van der Waals surface area contributed by atoms with Gasteiger partial charge in [0, 0.05) is 24.1 Å². The van der Waals surface area contributed by atoms with E-state index in [0.29, 0.717) is 11.7 Å². The third-order valence-electron chi connectivity index (χ3n) is 1.72. The molecule has 1 heterocycles. The molecule has 1 aromatic rings. The highest BCUT2D eigenvalue weighted by Crippen LogP contribution is 2.13. The fraction of sp³-hybridized carbons (Fsp3) is 0.400. The summed E-state index contributed by atoms with van der Waals surface area (Å²) in [5.41, 5.74) is 5.53. The molecule has 0 aromatic carbocycles. The lowest BCUT2D eigenvalue weighted by molar-refractivity contribution is 0.398. The van der Waals surface area contributed by atoms with Crippen molar-refractivity contribution in [1.82, 2.24) is 9.97 Å². The second-order valence-electron chi connectivity index (χ2n) is 2.94. The molecule has 0 aliphatic heterocycles. The highest BCUT2D eigenvalue weighted by molar-refractivity contribution is 7.99. The Bertz CT molecular complexity index is 346.